The summed E-state index contributed by atoms with van der Waals surface area (Å²) in [7, 11) is 0. The predicted molar refractivity (Wildman–Crippen MR) is 415 cm³/mol. The number of allylic oxidation sites excluding steroid dienone is 21. The van der Waals surface area contributed by atoms with Gasteiger partial charge in [-0.2, -0.15) is 0 Å². The predicted octanol–water partition coefficient (Wildman–Crippen LogP) is 18.6. The van der Waals surface area contributed by atoms with Crippen molar-refractivity contribution in [2.24, 2.45) is 0 Å². The summed E-state index contributed by atoms with van der Waals surface area (Å²) in [6, 6.07) is -0.944. The van der Waals surface area contributed by atoms with Crippen LogP contribution in [0.25, 0.3) is 0 Å². The third-order valence-electron chi connectivity index (χ3n) is 18.8. The van der Waals surface area contributed by atoms with Gasteiger partial charge in [0.15, 0.2) is 12.6 Å². The van der Waals surface area contributed by atoms with E-state index in [-0.39, 0.29) is 18.9 Å². The molecule has 2 heterocycles. The standard InChI is InChI=1S/C86H147NO13/c1-3-5-7-9-11-13-15-17-19-21-23-25-27-29-31-32-33-34-35-36-37-38-39-40-41-42-44-46-48-50-52-54-56-58-60-62-64-66-68-70-78(91)87-74(73-97-85-83(96)81(94)84(77(72-89)99-85)100-86-82(95)80(93)79(92)76(71-88)98-86)75(90)69-67-65-63-61-59-57-55-53-51-49-47-45-43-30-28-26-24-22-20-18-16-14-12-10-8-6-4-2/h5,7,11,13,17,19,23,25,29,31,33-34,36-37,39-40,42,44,59,61,67,69,74-77,79-86,88-90,92-96H,3-4,6,8-10,12,14-16,18,20-22,24,26-28,30,32,35,38,41,43,45-58,60,62-66,68,70-73H2,1-2H3,(H,87,91)/b7-5-,13-11-,19-17-,25-23-,31-29-,34-33-,37-36-,40-39-,44-42-,61-59+,69-67+. The number of rotatable bonds is 66. The zero-order chi connectivity index (χ0) is 72.2. The van der Waals surface area contributed by atoms with Gasteiger partial charge in [-0.3, -0.25) is 4.79 Å². The van der Waals surface area contributed by atoms with Gasteiger partial charge in [0.1, 0.15) is 48.8 Å². The molecule has 12 atom stereocenters. The van der Waals surface area contributed by atoms with Gasteiger partial charge in [-0.1, -0.05) is 334 Å². The molecule has 0 aliphatic carbocycles. The molecular weight excluding hydrogens is 1250 g/mol. The van der Waals surface area contributed by atoms with Crippen molar-refractivity contribution < 1.29 is 64.6 Å². The van der Waals surface area contributed by atoms with E-state index in [1.54, 1.807) is 6.08 Å². The van der Waals surface area contributed by atoms with Crippen LogP contribution in [0.4, 0.5) is 0 Å². The number of aliphatic hydroxyl groups is 8. The number of aliphatic hydroxyl groups excluding tert-OH is 8. The number of ether oxygens (including phenoxy) is 4. The SMILES string of the molecule is CC/C=C\C/C=C\C/C=C\C/C=C\C/C=C\C/C=C\C/C=C\C/C=C\C/C=C\CCCCCCCCCCCCCC(=O)NC(COC1OC(CO)C(OC2OC(CO)C(O)C(O)C2O)C(O)C1O)C(O)/C=C/CC/C=C/CCCCCCCCCCCCCCCCCCCCCCC. The number of carbonyl (C=O) groups excluding carboxylic acids is 1. The third-order valence-corrected chi connectivity index (χ3v) is 18.8. The van der Waals surface area contributed by atoms with Crippen molar-refractivity contribution in [2.45, 2.75) is 383 Å². The summed E-state index contributed by atoms with van der Waals surface area (Å²) in [5, 5.41) is 87.7. The first-order valence-electron chi connectivity index (χ1n) is 40.4. The number of amides is 1. The molecule has 2 rings (SSSR count). The van der Waals surface area contributed by atoms with Gasteiger partial charge in [-0.05, 0) is 103 Å². The van der Waals surface area contributed by atoms with Gasteiger partial charge in [-0.15, -0.1) is 0 Å². The molecule has 0 aromatic heterocycles. The van der Waals surface area contributed by atoms with Crippen molar-refractivity contribution in [1.82, 2.24) is 5.32 Å². The monoisotopic (exact) mass is 1400 g/mol. The zero-order valence-electron chi connectivity index (χ0n) is 62.9. The van der Waals surface area contributed by atoms with E-state index < -0.39 is 86.8 Å². The molecule has 2 fully saturated rings. The summed E-state index contributed by atoms with van der Waals surface area (Å²) in [6.45, 7) is 2.69. The lowest BCUT2D eigenvalue weighted by atomic mass is 9.97. The van der Waals surface area contributed by atoms with Gasteiger partial charge in [0.2, 0.25) is 5.91 Å². The summed E-state index contributed by atoms with van der Waals surface area (Å²) >= 11 is 0. The molecule has 1 amide bonds. The number of hydrogen-bond donors (Lipinski definition) is 9. The Morgan fingerprint density at radius 3 is 1.10 bits per heavy atom. The quantitative estimate of drug-likeness (QED) is 0.0204. The van der Waals surface area contributed by atoms with E-state index in [4.69, 9.17) is 18.9 Å². The molecule has 12 unspecified atom stereocenters. The topological polar surface area (TPSA) is 228 Å². The fourth-order valence-corrected chi connectivity index (χ4v) is 12.5. The normalized spacial score (nSPS) is 22.6. The average molecular weight is 1400 g/mol. The van der Waals surface area contributed by atoms with Crippen LogP contribution in [0.1, 0.15) is 309 Å². The van der Waals surface area contributed by atoms with Crippen LogP contribution in [-0.2, 0) is 23.7 Å². The maximum Gasteiger partial charge on any atom is 0.220 e. The highest BCUT2D eigenvalue weighted by atomic mass is 16.7. The first-order chi connectivity index (χ1) is 49.1. The van der Waals surface area contributed by atoms with Gasteiger partial charge in [-0.25, -0.2) is 0 Å². The van der Waals surface area contributed by atoms with Crippen LogP contribution in [0.15, 0.2) is 134 Å². The summed E-state index contributed by atoms with van der Waals surface area (Å²) < 4.78 is 22.9. The lowest BCUT2D eigenvalue weighted by molar-refractivity contribution is -0.359. The molecule has 2 aliphatic heterocycles. The van der Waals surface area contributed by atoms with Crippen molar-refractivity contribution >= 4 is 5.91 Å². The molecule has 0 bridgehead atoms. The average Bonchev–Trinajstić information content (AvgIpc) is 0.796. The highest BCUT2D eigenvalue weighted by Gasteiger charge is 2.51. The second-order valence-corrected chi connectivity index (χ2v) is 27.8. The molecule has 0 spiro atoms. The maximum absolute atomic E-state index is 13.4. The van der Waals surface area contributed by atoms with Gasteiger partial charge >= 0.3 is 0 Å². The summed E-state index contributed by atoms with van der Waals surface area (Å²) in [5.41, 5.74) is 0. The van der Waals surface area contributed by atoms with E-state index in [0.717, 1.165) is 96.3 Å². The lowest BCUT2D eigenvalue weighted by Gasteiger charge is -2.46. The van der Waals surface area contributed by atoms with E-state index >= 15 is 0 Å². The Labute approximate surface area is 609 Å². The Balaban J connectivity index is 1.64. The maximum atomic E-state index is 13.4. The van der Waals surface area contributed by atoms with E-state index in [1.807, 2.05) is 6.08 Å². The van der Waals surface area contributed by atoms with E-state index in [9.17, 15) is 45.6 Å². The largest absolute Gasteiger partial charge is 0.394 e. The first-order valence-corrected chi connectivity index (χ1v) is 40.4. The molecule has 2 saturated heterocycles. The molecule has 9 N–H and O–H groups in total. The second kappa shape index (κ2) is 68.3. The fraction of sp³-hybridized carbons (Fsp3) is 0.733. The van der Waals surface area contributed by atoms with Crippen LogP contribution in [0.2, 0.25) is 0 Å². The molecule has 0 saturated carbocycles. The Kier molecular flexibility index (Phi) is 62.9. The van der Waals surface area contributed by atoms with E-state index in [2.05, 4.69) is 141 Å². The summed E-state index contributed by atoms with van der Waals surface area (Å²) in [6.07, 6.45) is 85.2. The lowest BCUT2D eigenvalue weighted by Crippen LogP contribution is -2.65. The smallest absolute Gasteiger partial charge is 0.220 e. The number of unbranched alkanes of at least 4 members (excludes halogenated alkanes) is 33. The first kappa shape index (κ1) is 92.2. The molecule has 2 aliphatic rings. The highest BCUT2D eigenvalue weighted by Crippen LogP contribution is 2.30. The van der Waals surface area contributed by atoms with Crippen LogP contribution in [0.5, 0.6) is 0 Å². The number of carbonyl (C=O) groups is 1. The van der Waals surface area contributed by atoms with Crippen LogP contribution < -0.4 is 5.32 Å². The molecule has 0 aromatic rings. The van der Waals surface area contributed by atoms with Crippen molar-refractivity contribution in [1.29, 1.82) is 0 Å². The highest BCUT2D eigenvalue weighted by molar-refractivity contribution is 5.76. The Hall–Kier alpha value is -3.87. The molecular formula is C86H147NO13. The van der Waals surface area contributed by atoms with Crippen LogP contribution in [-0.4, -0.2) is 140 Å². The molecule has 14 nitrogen and oxygen atoms in total. The van der Waals surface area contributed by atoms with E-state index in [0.29, 0.717) is 12.8 Å². The minimum atomic E-state index is -1.80. The van der Waals surface area contributed by atoms with Crippen LogP contribution >= 0.6 is 0 Å². The van der Waals surface area contributed by atoms with Gasteiger partial charge in [0.25, 0.3) is 0 Å². The molecule has 574 valence electrons. The summed E-state index contributed by atoms with van der Waals surface area (Å²) in [5.74, 6) is -0.254. The Morgan fingerprint density at radius 1 is 0.370 bits per heavy atom. The number of hydrogen-bond acceptors (Lipinski definition) is 13. The molecule has 0 radical (unpaired) electrons. The van der Waals surface area contributed by atoms with Crippen molar-refractivity contribution in [2.75, 3.05) is 19.8 Å². The van der Waals surface area contributed by atoms with Crippen molar-refractivity contribution in [3.63, 3.8) is 0 Å². The van der Waals surface area contributed by atoms with E-state index in [1.165, 1.54) is 180 Å². The zero-order valence-corrected chi connectivity index (χ0v) is 62.9. The fourth-order valence-electron chi connectivity index (χ4n) is 12.5. The number of nitrogens with one attached hydrogen (secondary N) is 1. The van der Waals surface area contributed by atoms with Crippen molar-refractivity contribution in [3.8, 4) is 0 Å². The summed E-state index contributed by atoms with van der Waals surface area (Å²) in [4.78, 5) is 13.4. The second-order valence-electron chi connectivity index (χ2n) is 27.8. The third kappa shape index (κ3) is 50.5. The Bertz CT molecular complexity index is 2200. The molecule has 14 heteroatoms. The van der Waals surface area contributed by atoms with Crippen LogP contribution in [0.3, 0.4) is 0 Å². The van der Waals surface area contributed by atoms with Gasteiger partial charge < -0.3 is 65.1 Å². The van der Waals surface area contributed by atoms with Crippen molar-refractivity contribution in [3.05, 3.63) is 134 Å². The minimum Gasteiger partial charge on any atom is -0.394 e. The van der Waals surface area contributed by atoms with Crippen LogP contribution in [0, 0.1) is 0 Å². The molecule has 0 aromatic carbocycles. The molecule has 100 heavy (non-hydrogen) atoms. The minimum absolute atomic E-state index is 0.254. The Morgan fingerprint density at radius 2 is 0.700 bits per heavy atom. The van der Waals surface area contributed by atoms with Gasteiger partial charge in [0, 0.05) is 6.42 Å². The van der Waals surface area contributed by atoms with Gasteiger partial charge in [0.05, 0.1) is 32.0 Å².